The summed E-state index contributed by atoms with van der Waals surface area (Å²) in [5.74, 6) is -0.301. The van der Waals surface area contributed by atoms with E-state index in [1.165, 1.54) is 6.92 Å². The van der Waals surface area contributed by atoms with Gasteiger partial charge in [0.1, 0.15) is 0 Å². The van der Waals surface area contributed by atoms with Crippen LogP contribution in [0.25, 0.3) is 11.0 Å². The highest BCUT2D eigenvalue weighted by molar-refractivity contribution is 6.06. The molecule has 0 saturated carbocycles. The topological polar surface area (TPSA) is 72.0 Å². The molecule has 0 aliphatic heterocycles. The summed E-state index contributed by atoms with van der Waals surface area (Å²) in [6, 6.07) is 12.0. The normalized spacial score (nSPS) is 10.4. The van der Waals surface area contributed by atoms with E-state index in [4.69, 9.17) is 0 Å². The van der Waals surface area contributed by atoms with Crippen LogP contribution < -0.4 is 5.32 Å². The Morgan fingerprint density at radius 3 is 2.45 bits per heavy atom. The number of fused-ring (bicyclic) bond motifs is 1. The van der Waals surface area contributed by atoms with Gasteiger partial charge in [0.15, 0.2) is 5.78 Å². The Morgan fingerprint density at radius 1 is 0.909 bits per heavy atom. The molecule has 0 atom stereocenters. The van der Waals surface area contributed by atoms with Gasteiger partial charge in [0, 0.05) is 29.2 Å². The summed E-state index contributed by atoms with van der Waals surface area (Å²) in [5.41, 5.74) is 3.02. The van der Waals surface area contributed by atoms with Gasteiger partial charge in [-0.05, 0) is 37.3 Å². The van der Waals surface area contributed by atoms with E-state index in [9.17, 15) is 9.59 Å². The van der Waals surface area contributed by atoms with Crippen molar-refractivity contribution in [3.8, 4) is 0 Å². The van der Waals surface area contributed by atoms with Crippen molar-refractivity contribution in [2.24, 2.45) is 0 Å². The third kappa shape index (κ3) is 2.83. The smallest absolute Gasteiger partial charge is 0.255 e. The minimum absolute atomic E-state index is 0.0444. The lowest BCUT2D eigenvalue weighted by atomic mass is 10.1. The van der Waals surface area contributed by atoms with Gasteiger partial charge in [-0.1, -0.05) is 12.1 Å². The number of hydrogen-bond donors (Lipinski definition) is 1. The zero-order chi connectivity index (χ0) is 15.5. The second-order valence-corrected chi connectivity index (χ2v) is 4.85. The van der Waals surface area contributed by atoms with E-state index in [-0.39, 0.29) is 11.7 Å². The maximum atomic E-state index is 12.3. The molecule has 1 aromatic heterocycles. The fourth-order valence-electron chi connectivity index (χ4n) is 2.12. The van der Waals surface area contributed by atoms with Crippen molar-refractivity contribution in [1.82, 2.24) is 9.97 Å². The van der Waals surface area contributed by atoms with Crippen LogP contribution in [-0.2, 0) is 0 Å². The van der Waals surface area contributed by atoms with Gasteiger partial charge in [-0.25, -0.2) is 0 Å². The Morgan fingerprint density at radius 2 is 1.68 bits per heavy atom. The van der Waals surface area contributed by atoms with Crippen LogP contribution in [0.15, 0.2) is 54.9 Å². The molecule has 0 aliphatic carbocycles. The second kappa shape index (κ2) is 5.73. The zero-order valence-corrected chi connectivity index (χ0v) is 11.9. The molecule has 108 valence electrons. The van der Waals surface area contributed by atoms with Crippen molar-refractivity contribution in [2.45, 2.75) is 6.92 Å². The Kier molecular flexibility index (Phi) is 3.62. The van der Waals surface area contributed by atoms with Gasteiger partial charge in [0.25, 0.3) is 5.91 Å². The van der Waals surface area contributed by atoms with E-state index in [1.807, 2.05) is 0 Å². The third-order valence-corrected chi connectivity index (χ3v) is 3.26. The van der Waals surface area contributed by atoms with Crippen LogP contribution in [0.5, 0.6) is 0 Å². The van der Waals surface area contributed by atoms with Gasteiger partial charge in [0.05, 0.1) is 11.0 Å². The summed E-state index contributed by atoms with van der Waals surface area (Å²) >= 11 is 0. The first-order chi connectivity index (χ1) is 10.6. The summed E-state index contributed by atoms with van der Waals surface area (Å²) in [4.78, 5) is 32.0. The summed E-state index contributed by atoms with van der Waals surface area (Å²) < 4.78 is 0. The minimum atomic E-state index is -0.256. The Labute approximate surface area is 127 Å². The van der Waals surface area contributed by atoms with E-state index >= 15 is 0 Å². The molecule has 0 fully saturated rings. The average molecular weight is 291 g/mol. The molecule has 0 unspecified atom stereocenters. The molecule has 1 heterocycles. The fraction of sp³-hybridized carbons (Fsp3) is 0.0588. The second-order valence-electron chi connectivity index (χ2n) is 4.85. The largest absolute Gasteiger partial charge is 0.322 e. The molecule has 1 amide bonds. The third-order valence-electron chi connectivity index (χ3n) is 3.26. The first kappa shape index (κ1) is 13.9. The molecule has 0 aliphatic rings. The molecular formula is C17H13N3O2. The first-order valence-electron chi connectivity index (χ1n) is 6.76. The molecule has 0 saturated heterocycles. The zero-order valence-electron chi connectivity index (χ0n) is 11.9. The van der Waals surface area contributed by atoms with Crippen LogP contribution >= 0.6 is 0 Å². The number of ketones is 1. The number of aromatic nitrogens is 2. The van der Waals surface area contributed by atoms with E-state index in [1.54, 1.807) is 54.9 Å². The number of carbonyl (C=O) groups is 2. The Balaban J connectivity index is 1.86. The highest BCUT2D eigenvalue weighted by Crippen LogP contribution is 2.15. The van der Waals surface area contributed by atoms with Crippen LogP contribution in [-0.4, -0.2) is 21.7 Å². The predicted molar refractivity (Wildman–Crippen MR) is 83.9 cm³/mol. The molecule has 5 nitrogen and oxygen atoms in total. The standard InChI is InChI=1S/C17H13N3O2/c1-11(21)12-3-2-4-14(9-12)20-17(22)13-5-6-15-16(10-13)19-8-7-18-15/h2-10H,1H3,(H,20,22). The van der Waals surface area contributed by atoms with Crippen LogP contribution in [0.1, 0.15) is 27.6 Å². The van der Waals surface area contributed by atoms with Crippen molar-refractivity contribution in [2.75, 3.05) is 5.32 Å². The number of anilines is 1. The SMILES string of the molecule is CC(=O)c1cccc(NC(=O)c2ccc3nccnc3c2)c1. The molecular weight excluding hydrogens is 278 g/mol. The first-order valence-corrected chi connectivity index (χ1v) is 6.76. The lowest BCUT2D eigenvalue weighted by Gasteiger charge is -2.07. The lowest BCUT2D eigenvalue weighted by molar-refractivity contribution is 0.101. The van der Waals surface area contributed by atoms with Gasteiger partial charge >= 0.3 is 0 Å². The van der Waals surface area contributed by atoms with Gasteiger partial charge in [-0.2, -0.15) is 0 Å². The molecule has 0 radical (unpaired) electrons. The predicted octanol–water partition coefficient (Wildman–Crippen LogP) is 3.08. The maximum absolute atomic E-state index is 12.3. The number of carbonyl (C=O) groups excluding carboxylic acids is 2. The molecule has 5 heteroatoms. The summed E-state index contributed by atoms with van der Waals surface area (Å²) in [6.07, 6.45) is 3.19. The van der Waals surface area contributed by atoms with Crippen molar-refractivity contribution < 1.29 is 9.59 Å². The van der Waals surface area contributed by atoms with Crippen molar-refractivity contribution in [1.29, 1.82) is 0 Å². The van der Waals surface area contributed by atoms with Gasteiger partial charge in [-0.15, -0.1) is 0 Å². The number of benzene rings is 2. The van der Waals surface area contributed by atoms with Crippen LogP contribution in [0, 0.1) is 0 Å². The number of nitrogens with one attached hydrogen (secondary N) is 1. The fourth-order valence-corrected chi connectivity index (χ4v) is 2.12. The molecule has 0 bridgehead atoms. The lowest BCUT2D eigenvalue weighted by Crippen LogP contribution is -2.12. The van der Waals surface area contributed by atoms with Gasteiger partial charge < -0.3 is 5.32 Å². The minimum Gasteiger partial charge on any atom is -0.322 e. The number of Topliss-reactive ketones (excluding diaryl/α,β-unsaturated/α-hetero) is 1. The van der Waals surface area contributed by atoms with Crippen molar-refractivity contribution in [3.63, 3.8) is 0 Å². The molecule has 3 rings (SSSR count). The number of hydrogen-bond acceptors (Lipinski definition) is 4. The van der Waals surface area contributed by atoms with Gasteiger partial charge in [0.2, 0.25) is 0 Å². The van der Waals surface area contributed by atoms with Crippen LogP contribution in [0.4, 0.5) is 5.69 Å². The van der Waals surface area contributed by atoms with Crippen LogP contribution in [0.2, 0.25) is 0 Å². The maximum Gasteiger partial charge on any atom is 0.255 e. The van der Waals surface area contributed by atoms with E-state index in [2.05, 4.69) is 15.3 Å². The molecule has 22 heavy (non-hydrogen) atoms. The Bertz CT molecular complexity index is 874. The van der Waals surface area contributed by atoms with Crippen LogP contribution in [0.3, 0.4) is 0 Å². The summed E-state index contributed by atoms with van der Waals surface area (Å²) in [5, 5.41) is 2.78. The average Bonchev–Trinajstić information content (AvgIpc) is 2.54. The number of rotatable bonds is 3. The molecule has 3 aromatic rings. The van der Waals surface area contributed by atoms with E-state index in [0.29, 0.717) is 22.3 Å². The monoisotopic (exact) mass is 291 g/mol. The van der Waals surface area contributed by atoms with Crippen molar-refractivity contribution >= 4 is 28.4 Å². The highest BCUT2D eigenvalue weighted by Gasteiger charge is 2.09. The number of amides is 1. The van der Waals surface area contributed by atoms with Crippen molar-refractivity contribution in [3.05, 3.63) is 66.0 Å². The number of nitrogens with zero attached hydrogens (tertiary/aromatic N) is 2. The molecule has 2 aromatic carbocycles. The van der Waals surface area contributed by atoms with E-state index < -0.39 is 0 Å². The van der Waals surface area contributed by atoms with Gasteiger partial charge in [-0.3, -0.25) is 19.6 Å². The van der Waals surface area contributed by atoms with E-state index in [0.717, 1.165) is 5.52 Å². The summed E-state index contributed by atoms with van der Waals surface area (Å²) in [7, 11) is 0. The summed E-state index contributed by atoms with van der Waals surface area (Å²) in [6.45, 7) is 1.49. The molecule has 0 spiro atoms. The molecule has 1 N–H and O–H groups in total. The Hall–Kier alpha value is -3.08. The highest BCUT2D eigenvalue weighted by atomic mass is 16.1. The quantitative estimate of drug-likeness (QED) is 0.753.